The van der Waals surface area contributed by atoms with Crippen LogP contribution in [0.3, 0.4) is 0 Å². The van der Waals surface area contributed by atoms with Gasteiger partial charge in [-0.05, 0) is 38.0 Å². The van der Waals surface area contributed by atoms with Crippen LogP contribution in [0.25, 0.3) is 0 Å². The molecule has 1 heterocycles. The molecule has 1 atom stereocenters. The number of aromatic nitrogens is 2. The van der Waals surface area contributed by atoms with E-state index in [1.54, 1.807) is 0 Å². The number of nitrogens with one attached hydrogen (secondary N) is 1. The molecule has 2 aromatic carbocycles. The second-order valence-electron chi connectivity index (χ2n) is 6.40. The van der Waals surface area contributed by atoms with E-state index in [0.717, 1.165) is 16.8 Å². The van der Waals surface area contributed by atoms with Crippen LogP contribution < -0.4 is 5.32 Å². The summed E-state index contributed by atoms with van der Waals surface area (Å²) in [5.41, 5.74) is 4.22. The van der Waals surface area contributed by atoms with Crippen molar-refractivity contribution in [3.8, 4) is 0 Å². The molecule has 5 heteroatoms. The number of hydrogen-bond acceptors (Lipinski definition) is 2. The van der Waals surface area contributed by atoms with Crippen LogP contribution in [0, 0.1) is 13.8 Å². The molecule has 0 aliphatic heterocycles. The fourth-order valence-corrected chi connectivity index (χ4v) is 3.26. The SMILES string of the molecule is Cc1nn(Cc2ccccc2Cl)c(C)c1C(=O)N[C@@H](C)c1ccccc1. The van der Waals surface area contributed by atoms with Crippen LogP contribution >= 0.6 is 11.6 Å². The summed E-state index contributed by atoms with van der Waals surface area (Å²) < 4.78 is 1.83. The summed E-state index contributed by atoms with van der Waals surface area (Å²) in [6.45, 7) is 6.29. The van der Waals surface area contributed by atoms with Crippen LogP contribution in [0.5, 0.6) is 0 Å². The van der Waals surface area contributed by atoms with Gasteiger partial charge in [0.05, 0.1) is 23.8 Å². The third-order valence-corrected chi connectivity index (χ3v) is 4.90. The van der Waals surface area contributed by atoms with Gasteiger partial charge < -0.3 is 5.32 Å². The maximum Gasteiger partial charge on any atom is 0.255 e. The second-order valence-corrected chi connectivity index (χ2v) is 6.81. The van der Waals surface area contributed by atoms with Crippen molar-refractivity contribution < 1.29 is 4.79 Å². The Kier molecular flexibility index (Phi) is 5.43. The number of amides is 1. The van der Waals surface area contributed by atoms with Gasteiger partial charge in [0.15, 0.2) is 0 Å². The molecule has 0 bridgehead atoms. The molecule has 0 spiro atoms. The van der Waals surface area contributed by atoms with Gasteiger partial charge in [-0.25, -0.2) is 0 Å². The van der Waals surface area contributed by atoms with Crippen molar-refractivity contribution in [1.29, 1.82) is 0 Å². The number of rotatable bonds is 5. The second kappa shape index (κ2) is 7.75. The predicted molar refractivity (Wildman–Crippen MR) is 105 cm³/mol. The summed E-state index contributed by atoms with van der Waals surface area (Å²) in [5, 5.41) is 8.31. The Morgan fingerprint density at radius 3 is 2.46 bits per heavy atom. The Bertz CT molecular complexity index is 918. The molecule has 4 nitrogen and oxygen atoms in total. The number of aryl methyl sites for hydroxylation is 1. The van der Waals surface area contributed by atoms with Crippen molar-refractivity contribution >= 4 is 17.5 Å². The number of hydrogen-bond donors (Lipinski definition) is 1. The third-order valence-electron chi connectivity index (χ3n) is 4.53. The van der Waals surface area contributed by atoms with Gasteiger partial charge in [0.1, 0.15) is 0 Å². The fourth-order valence-electron chi connectivity index (χ4n) is 3.06. The van der Waals surface area contributed by atoms with Crippen molar-refractivity contribution in [3.63, 3.8) is 0 Å². The van der Waals surface area contributed by atoms with Crippen LogP contribution in [-0.4, -0.2) is 15.7 Å². The first-order chi connectivity index (χ1) is 12.5. The van der Waals surface area contributed by atoms with Crippen molar-refractivity contribution in [2.75, 3.05) is 0 Å². The highest BCUT2D eigenvalue weighted by Crippen LogP contribution is 2.20. The standard InChI is InChI=1S/C21H22ClN3O/c1-14(17-9-5-4-6-10-17)23-21(26)20-15(2)24-25(16(20)3)13-18-11-7-8-12-19(18)22/h4-12,14H,13H2,1-3H3,(H,23,26)/t14-/m0/s1. The summed E-state index contributed by atoms with van der Waals surface area (Å²) in [6.07, 6.45) is 0. The van der Waals surface area contributed by atoms with E-state index in [2.05, 4.69) is 10.4 Å². The van der Waals surface area contributed by atoms with E-state index in [1.165, 1.54) is 0 Å². The molecule has 0 saturated heterocycles. The highest BCUT2D eigenvalue weighted by molar-refractivity contribution is 6.31. The lowest BCUT2D eigenvalue weighted by Crippen LogP contribution is -2.27. The summed E-state index contributed by atoms with van der Waals surface area (Å²) in [4.78, 5) is 12.8. The number of carbonyl (C=O) groups excluding carboxylic acids is 1. The lowest BCUT2D eigenvalue weighted by Gasteiger charge is -2.14. The topological polar surface area (TPSA) is 46.9 Å². The lowest BCUT2D eigenvalue weighted by atomic mass is 10.1. The number of benzene rings is 2. The monoisotopic (exact) mass is 367 g/mol. The largest absolute Gasteiger partial charge is 0.345 e. The van der Waals surface area contributed by atoms with Crippen LogP contribution in [0.2, 0.25) is 5.02 Å². The summed E-state index contributed by atoms with van der Waals surface area (Å²) >= 11 is 6.25. The smallest absolute Gasteiger partial charge is 0.255 e. The van der Waals surface area contributed by atoms with Gasteiger partial charge in [0.2, 0.25) is 0 Å². The van der Waals surface area contributed by atoms with Gasteiger partial charge in [0.25, 0.3) is 5.91 Å². The molecular weight excluding hydrogens is 346 g/mol. The maximum absolute atomic E-state index is 12.8. The molecule has 0 aliphatic carbocycles. The molecule has 3 rings (SSSR count). The first kappa shape index (κ1) is 18.2. The van der Waals surface area contributed by atoms with Crippen molar-refractivity contribution in [2.45, 2.75) is 33.4 Å². The zero-order valence-electron chi connectivity index (χ0n) is 15.2. The van der Waals surface area contributed by atoms with E-state index < -0.39 is 0 Å². The van der Waals surface area contributed by atoms with Crippen molar-refractivity contribution in [1.82, 2.24) is 15.1 Å². The van der Waals surface area contributed by atoms with Gasteiger partial charge in [-0.2, -0.15) is 5.10 Å². The van der Waals surface area contributed by atoms with E-state index in [-0.39, 0.29) is 11.9 Å². The molecule has 0 radical (unpaired) electrons. The van der Waals surface area contributed by atoms with Crippen LogP contribution in [0.1, 0.15) is 45.8 Å². The maximum atomic E-state index is 12.8. The summed E-state index contributed by atoms with van der Waals surface area (Å²) in [7, 11) is 0. The molecule has 0 aliphatic rings. The van der Waals surface area contributed by atoms with Gasteiger partial charge in [-0.15, -0.1) is 0 Å². The van der Waals surface area contributed by atoms with E-state index in [0.29, 0.717) is 22.8 Å². The fraction of sp³-hybridized carbons (Fsp3) is 0.238. The molecule has 134 valence electrons. The van der Waals surface area contributed by atoms with E-state index in [4.69, 9.17) is 11.6 Å². The van der Waals surface area contributed by atoms with Gasteiger partial charge in [0, 0.05) is 10.7 Å². The Balaban J connectivity index is 1.81. The minimum atomic E-state index is -0.109. The normalized spacial score (nSPS) is 12.0. The number of carbonyl (C=O) groups is 1. The lowest BCUT2D eigenvalue weighted by molar-refractivity contribution is 0.0938. The molecule has 0 saturated carbocycles. The number of halogens is 1. The summed E-state index contributed by atoms with van der Waals surface area (Å²) in [5.74, 6) is -0.109. The van der Waals surface area contributed by atoms with Gasteiger partial charge in [-0.1, -0.05) is 60.1 Å². The number of nitrogens with zero attached hydrogens (tertiary/aromatic N) is 2. The molecular formula is C21H22ClN3O. The average molecular weight is 368 g/mol. The highest BCUT2D eigenvalue weighted by Gasteiger charge is 2.20. The Morgan fingerprint density at radius 2 is 1.77 bits per heavy atom. The third kappa shape index (κ3) is 3.81. The van der Waals surface area contributed by atoms with Crippen LogP contribution in [0.4, 0.5) is 0 Å². The van der Waals surface area contributed by atoms with E-state index in [1.807, 2.05) is 80.1 Å². The Labute approximate surface area is 158 Å². The van der Waals surface area contributed by atoms with E-state index in [9.17, 15) is 4.79 Å². The van der Waals surface area contributed by atoms with Crippen molar-refractivity contribution in [3.05, 3.63) is 87.7 Å². The molecule has 1 aromatic heterocycles. The zero-order chi connectivity index (χ0) is 18.7. The average Bonchev–Trinajstić information content (AvgIpc) is 2.91. The van der Waals surface area contributed by atoms with Crippen LogP contribution in [-0.2, 0) is 6.54 Å². The molecule has 0 unspecified atom stereocenters. The zero-order valence-corrected chi connectivity index (χ0v) is 15.9. The molecule has 0 fully saturated rings. The first-order valence-corrected chi connectivity index (χ1v) is 8.98. The van der Waals surface area contributed by atoms with Gasteiger partial charge >= 0.3 is 0 Å². The van der Waals surface area contributed by atoms with E-state index >= 15 is 0 Å². The molecule has 3 aromatic rings. The predicted octanol–water partition coefficient (Wildman–Crippen LogP) is 4.69. The van der Waals surface area contributed by atoms with Gasteiger partial charge in [-0.3, -0.25) is 9.48 Å². The Morgan fingerprint density at radius 1 is 1.12 bits per heavy atom. The van der Waals surface area contributed by atoms with Crippen molar-refractivity contribution in [2.24, 2.45) is 0 Å². The molecule has 26 heavy (non-hydrogen) atoms. The quantitative estimate of drug-likeness (QED) is 0.710. The minimum absolute atomic E-state index is 0.0746. The summed E-state index contributed by atoms with van der Waals surface area (Å²) in [6, 6.07) is 17.5. The molecule has 1 N–H and O–H groups in total. The molecule has 1 amide bonds. The Hall–Kier alpha value is -2.59. The highest BCUT2D eigenvalue weighted by atomic mass is 35.5. The first-order valence-electron chi connectivity index (χ1n) is 8.60. The van der Waals surface area contributed by atoms with Crippen LogP contribution in [0.15, 0.2) is 54.6 Å². The minimum Gasteiger partial charge on any atom is -0.345 e.